The lowest BCUT2D eigenvalue weighted by Crippen LogP contribution is -2.32. The summed E-state index contributed by atoms with van der Waals surface area (Å²) in [6.07, 6.45) is 2.07. The molecule has 1 rings (SSSR count). The van der Waals surface area contributed by atoms with Crippen LogP contribution >= 0.6 is 0 Å². The molecule has 0 aliphatic rings. The van der Waals surface area contributed by atoms with Gasteiger partial charge in [-0.15, -0.1) is 0 Å². The largest absolute Gasteiger partial charge is 0.476 e. The number of aromatic nitrogens is 1. The Morgan fingerprint density at radius 1 is 1.56 bits per heavy atom. The van der Waals surface area contributed by atoms with Crippen molar-refractivity contribution in [3.8, 4) is 5.88 Å². The highest BCUT2D eigenvalue weighted by atomic mass is 19.1. The Labute approximate surface area is 106 Å². The standard InChI is InChI=1S/C13H19FN2O2/c1-4-18-12-11(14)9(6-8-16-12)10(17)5-7-13(2,3)15/h6,8H,4-5,7,15H2,1-3H3. The summed E-state index contributed by atoms with van der Waals surface area (Å²) in [7, 11) is 0. The van der Waals surface area contributed by atoms with Crippen LogP contribution in [0, 0.1) is 5.82 Å². The molecule has 5 heteroatoms. The fourth-order valence-electron chi connectivity index (χ4n) is 1.45. The highest BCUT2D eigenvalue weighted by molar-refractivity contribution is 5.96. The molecule has 0 amide bonds. The number of rotatable bonds is 6. The first-order chi connectivity index (χ1) is 8.35. The molecule has 0 fully saturated rings. The average Bonchev–Trinajstić information content (AvgIpc) is 2.28. The van der Waals surface area contributed by atoms with E-state index in [0.29, 0.717) is 13.0 Å². The van der Waals surface area contributed by atoms with Crippen molar-refractivity contribution in [2.24, 2.45) is 5.73 Å². The molecule has 1 aromatic heterocycles. The number of Topliss-reactive ketones (excluding diaryl/α,β-unsaturated/α-hetero) is 1. The predicted octanol–water partition coefficient (Wildman–Crippen LogP) is 2.32. The van der Waals surface area contributed by atoms with Crippen molar-refractivity contribution in [1.82, 2.24) is 4.98 Å². The molecular formula is C13H19FN2O2. The van der Waals surface area contributed by atoms with E-state index in [2.05, 4.69) is 4.98 Å². The summed E-state index contributed by atoms with van der Waals surface area (Å²) in [6, 6.07) is 1.36. The monoisotopic (exact) mass is 254 g/mol. The van der Waals surface area contributed by atoms with Gasteiger partial charge in [-0.25, -0.2) is 9.37 Å². The number of pyridine rings is 1. The fraction of sp³-hybridized carbons (Fsp3) is 0.538. The third-order valence-corrected chi connectivity index (χ3v) is 2.44. The molecule has 0 unspecified atom stereocenters. The van der Waals surface area contributed by atoms with Crippen molar-refractivity contribution in [1.29, 1.82) is 0 Å². The normalized spacial score (nSPS) is 11.4. The van der Waals surface area contributed by atoms with Crippen LogP contribution in [0.3, 0.4) is 0 Å². The minimum absolute atomic E-state index is 0.0118. The van der Waals surface area contributed by atoms with Gasteiger partial charge in [-0.2, -0.15) is 0 Å². The van der Waals surface area contributed by atoms with E-state index < -0.39 is 11.4 Å². The quantitative estimate of drug-likeness (QED) is 0.791. The maximum Gasteiger partial charge on any atom is 0.251 e. The molecule has 0 atom stereocenters. The predicted molar refractivity (Wildman–Crippen MR) is 67.2 cm³/mol. The highest BCUT2D eigenvalue weighted by Crippen LogP contribution is 2.20. The van der Waals surface area contributed by atoms with E-state index in [-0.39, 0.29) is 23.6 Å². The Morgan fingerprint density at radius 3 is 2.78 bits per heavy atom. The van der Waals surface area contributed by atoms with Gasteiger partial charge in [0.1, 0.15) is 0 Å². The van der Waals surface area contributed by atoms with E-state index >= 15 is 0 Å². The number of carbonyl (C=O) groups is 1. The van der Waals surface area contributed by atoms with Crippen LogP contribution < -0.4 is 10.5 Å². The fourth-order valence-corrected chi connectivity index (χ4v) is 1.45. The van der Waals surface area contributed by atoms with Crippen molar-refractivity contribution >= 4 is 5.78 Å². The summed E-state index contributed by atoms with van der Waals surface area (Å²) in [5.74, 6) is -1.11. The summed E-state index contributed by atoms with van der Waals surface area (Å²) in [4.78, 5) is 15.6. The van der Waals surface area contributed by atoms with E-state index in [1.54, 1.807) is 6.92 Å². The van der Waals surface area contributed by atoms with Crippen LogP contribution in [0.25, 0.3) is 0 Å². The van der Waals surface area contributed by atoms with E-state index in [4.69, 9.17) is 10.5 Å². The number of ketones is 1. The van der Waals surface area contributed by atoms with Gasteiger partial charge < -0.3 is 10.5 Å². The van der Waals surface area contributed by atoms with Crippen LogP contribution in [-0.2, 0) is 0 Å². The van der Waals surface area contributed by atoms with Gasteiger partial charge in [-0.1, -0.05) is 0 Å². The molecule has 1 aromatic rings. The molecule has 0 bridgehead atoms. The zero-order valence-electron chi connectivity index (χ0n) is 11.0. The van der Waals surface area contributed by atoms with Gasteiger partial charge in [-0.3, -0.25) is 4.79 Å². The first kappa shape index (κ1) is 14.6. The first-order valence-electron chi connectivity index (χ1n) is 5.94. The summed E-state index contributed by atoms with van der Waals surface area (Å²) >= 11 is 0. The molecule has 1 heterocycles. The summed E-state index contributed by atoms with van der Waals surface area (Å²) in [6.45, 7) is 5.69. The number of ether oxygens (including phenoxy) is 1. The lowest BCUT2D eigenvalue weighted by Gasteiger charge is -2.17. The molecule has 0 saturated heterocycles. The molecule has 2 N–H and O–H groups in total. The van der Waals surface area contributed by atoms with E-state index in [1.807, 2.05) is 13.8 Å². The van der Waals surface area contributed by atoms with Crippen molar-refractivity contribution in [2.75, 3.05) is 6.61 Å². The molecule has 100 valence electrons. The Balaban J connectivity index is 2.83. The number of hydrogen-bond acceptors (Lipinski definition) is 4. The number of carbonyl (C=O) groups excluding carboxylic acids is 1. The van der Waals surface area contributed by atoms with Gasteiger partial charge in [0.2, 0.25) is 0 Å². The van der Waals surface area contributed by atoms with Crippen LogP contribution in [0.1, 0.15) is 44.0 Å². The second-order valence-corrected chi connectivity index (χ2v) is 4.82. The van der Waals surface area contributed by atoms with Crippen molar-refractivity contribution in [2.45, 2.75) is 39.2 Å². The highest BCUT2D eigenvalue weighted by Gasteiger charge is 2.19. The van der Waals surface area contributed by atoms with Gasteiger partial charge in [0, 0.05) is 18.2 Å². The maximum atomic E-state index is 13.9. The second kappa shape index (κ2) is 5.91. The van der Waals surface area contributed by atoms with Crippen molar-refractivity contribution < 1.29 is 13.9 Å². The second-order valence-electron chi connectivity index (χ2n) is 4.82. The molecule has 0 radical (unpaired) electrons. The molecule has 4 nitrogen and oxygen atoms in total. The molecule has 0 aromatic carbocycles. The zero-order chi connectivity index (χ0) is 13.8. The third kappa shape index (κ3) is 4.07. The van der Waals surface area contributed by atoms with E-state index in [0.717, 1.165) is 0 Å². The summed E-state index contributed by atoms with van der Waals surface area (Å²) in [5.41, 5.74) is 5.36. The van der Waals surface area contributed by atoms with Gasteiger partial charge in [0.25, 0.3) is 5.88 Å². The van der Waals surface area contributed by atoms with Crippen LogP contribution in [-0.4, -0.2) is 22.9 Å². The number of nitrogens with two attached hydrogens (primary N) is 1. The lowest BCUT2D eigenvalue weighted by molar-refractivity contribution is 0.0967. The van der Waals surface area contributed by atoms with Crippen molar-refractivity contribution in [3.05, 3.63) is 23.6 Å². The van der Waals surface area contributed by atoms with Crippen LogP contribution in [0.15, 0.2) is 12.3 Å². The molecule has 0 aliphatic heterocycles. The van der Waals surface area contributed by atoms with Gasteiger partial charge in [-0.05, 0) is 33.3 Å². The topological polar surface area (TPSA) is 65.2 Å². The van der Waals surface area contributed by atoms with Gasteiger partial charge in [0.05, 0.1) is 12.2 Å². The van der Waals surface area contributed by atoms with Crippen LogP contribution in [0.5, 0.6) is 5.88 Å². The smallest absolute Gasteiger partial charge is 0.251 e. The first-order valence-corrected chi connectivity index (χ1v) is 5.94. The van der Waals surface area contributed by atoms with E-state index in [1.165, 1.54) is 12.3 Å². The Kier molecular flexibility index (Phi) is 4.78. The minimum Gasteiger partial charge on any atom is -0.476 e. The Morgan fingerprint density at radius 2 is 2.22 bits per heavy atom. The Bertz CT molecular complexity index is 427. The lowest BCUT2D eigenvalue weighted by atomic mass is 9.96. The molecular weight excluding hydrogens is 235 g/mol. The summed E-state index contributed by atoms with van der Waals surface area (Å²) in [5, 5.41) is 0. The van der Waals surface area contributed by atoms with Gasteiger partial charge >= 0.3 is 0 Å². The summed E-state index contributed by atoms with van der Waals surface area (Å²) < 4.78 is 18.9. The van der Waals surface area contributed by atoms with Crippen molar-refractivity contribution in [3.63, 3.8) is 0 Å². The molecule has 0 aliphatic carbocycles. The molecule has 0 saturated carbocycles. The SMILES string of the molecule is CCOc1nccc(C(=O)CCC(C)(C)N)c1F. The number of hydrogen-bond donors (Lipinski definition) is 1. The van der Waals surface area contributed by atoms with Crippen LogP contribution in [0.4, 0.5) is 4.39 Å². The molecule has 0 spiro atoms. The zero-order valence-corrected chi connectivity index (χ0v) is 11.0. The average molecular weight is 254 g/mol. The third-order valence-electron chi connectivity index (χ3n) is 2.44. The van der Waals surface area contributed by atoms with Gasteiger partial charge in [0.15, 0.2) is 11.6 Å². The van der Waals surface area contributed by atoms with E-state index in [9.17, 15) is 9.18 Å². The maximum absolute atomic E-state index is 13.9. The number of nitrogens with zero attached hydrogens (tertiary/aromatic N) is 1. The minimum atomic E-state index is -0.695. The Hall–Kier alpha value is -1.49. The molecule has 18 heavy (non-hydrogen) atoms. The number of halogens is 1. The van der Waals surface area contributed by atoms with Crippen LogP contribution in [0.2, 0.25) is 0 Å².